The second-order valence-corrected chi connectivity index (χ2v) is 4.83. The highest BCUT2D eigenvalue weighted by Crippen LogP contribution is 2.16. The van der Waals surface area contributed by atoms with Crippen molar-refractivity contribution in [2.75, 3.05) is 26.3 Å². The molecule has 0 saturated carbocycles. The van der Waals surface area contributed by atoms with Crippen LogP contribution in [0.4, 0.5) is 0 Å². The first-order chi connectivity index (χ1) is 9.22. The van der Waals surface area contributed by atoms with Crippen molar-refractivity contribution in [3.63, 3.8) is 0 Å². The predicted molar refractivity (Wildman–Crippen MR) is 73.3 cm³/mol. The number of nitrogens with zero attached hydrogens (tertiary/aromatic N) is 1. The Bertz CT molecular complexity index is 427. The molecule has 1 aliphatic heterocycles. The predicted octanol–water partition coefficient (Wildman–Crippen LogP) is 1.58. The zero-order valence-corrected chi connectivity index (χ0v) is 11.3. The van der Waals surface area contributed by atoms with E-state index in [4.69, 9.17) is 4.74 Å². The molecular formula is C15H21NO3. The van der Waals surface area contributed by atoms with Crippen molar-refractivity contribution < 1.29 is 14.6 Å². The molecule has 19 heavy (non-hydrogen) atoms. The van der Waals surface area contributed by atoms with Gasteiger partial charge in [-0.25, -0.2) is 0 Å². The average molecular weight is 263 g/mol. The summed E-state index contributed by atoms with van der Waals surface area (Å²) in [7, 11) is 0. The highest BCUT2D eigenvalue weighted by Gasteiger charge is 2.27. The van der Waals surface area contributed by atoms with Crippen LogP contribution in [-0.2, 0) is 22.4 Å². The van der Waals surface area contributed by atoms with E-state index in [-0.39, 0.29) is 0 Å². The molecule has 0 aliphatic carbocycles. The molecule has 1 unspecified atom stereocenters. The van der Waals surface area contributed by atoms with E-state index >= 15 is 0 Å². The molecule has 0 radical (unpaired) electrons. The molecule has 1 aromatic rings. The summed E-state index contributed by atoms with van der Waals surface area (Å²) in [6.07, 6.45) is 1.50. The van der Waals surface area contributed by atoms with Gasteiger partial charge in [0.05, 0.1) is 13.2 Å². The molecule has 2 rings (SSSR count). The quantitative estimate of drug-likeness (QED) is 0.876. The summed E-state index contributed by atoms with van der Waals surface area (Å²) in [5, 5.41) is 9.47. The summed E-state index contributed by atoms with van der Waals surface area (Å²) in [6, 6.07) is 7.65. The number of ether oxygens (including phenoxy) is 1. The Labute approximate surface area is 114 Å². The van der Waals surface area contributed by atoms with E-state index in [0.717, 1.165) is 12.0 Å². The fraction of sp³-hybridized carbons (Fsp3) is 0.533. The summed E-state index contributed by atoms with van der Waals surface area (Å²) in [5.41, 5.74) is 2.38. The second-order valence-electron chi connectivity index (χ2n) is 4.83. The zero-order chi connectivity index (χ0) is 13.7. The molecule has 104 valence electrons. The van der Waals surface area contributed by atoms with Gasteiger partial charge in [0.15, 0.2) is 0 Å². The fourth-order valence-electron chi connectivity index (χ4n) is 2.57. The Morgan fingerprint density at radius 1 is 1.32 bits per heavy atom. The number of aliphatic carboxylic acids is 1. The van der Waals surface area contributed by atoms with Crippen molar-refractivity contribution in [1.29, 1.82) is 0 Å². The Kier molecular flexibility index (Phi) is 4.93. The molecule has 1 aliphatic rings. The van der Waals surface area contributed by atoms with Gasteiger partial charge in [-0.05, 0) is 24.0 Å². The smallest absolute Gasteiger partial charge is 0.321 e. The lowest BCUT2D eigenvalue weighted by atomic mass is 9.97. The molecule has 1 heterocycles. The topological polar surface area (TPSA) is 49.8 Å². The lowest BCUT2D eigenvalue weighted by Crippen LogP contribution is -2.48. The van der Waals surface area contributed by atoms with Gasteiger partial charge in [-0.3, -0.25) is 9.69 Å². The first kappa shape index (κ1) is 14.0. The standard InChI is InChI=1S/C15H21NO3/c1-2-12-5-3-4-6-13(12)11-14(15(17)18)16-7-9-19-10-8-16/h3-6,14H,2,7-11H2,1H3,(H,17,18). The number of hydrogen-bond acceptors (Lipinski definition) is 3. The summed E-state index contributed by atoms with van der Waals surface area (Å²) < 4.78 is 5.29. The van der Waals surface area contributed by atoms with Gasteiger partial charge in [0.2, 0.25) is 0 Å². The van der Waals surface area contributed by atoms with Crippen LogP contribution in [0.15, 0.2) is 24.3 Å². The molecule has 0 aromatic heterocycles. The highest BCUT2D eigenvalue weighted by atomic mass is 16.5. The van der Waals surface area contributed by atoms with Crippen molar-refractivity contribution in [3.05, 3.63) is 35.4 Å². The van der Waals surface area contributed by atoms with Crippen LogP contribution in [0, 0.1) is 0 Å². The van der Waals surface area contributed by atoms with Crippen LogP contribution in [0.2, 0.25) is 0 Å². The van der Waals surface area contributed by atoms with Crippen molar-refractivity contribution in [2.45, 2.75) is 25.8 Å². The minimum atomic E-state index is -0.743. The fourth-order valence-corrected chi connectivity index (χ4v) is 2.57. The third-order valence-corrected chi connectivity index (χ3v) is 3.68. The van der Waals surface area contributed by atoms with Crippen molar-refractivity contribution in [1.82, 2.24) is 4.90 Å². The zero-order valence-electron chi connectivity index (χ0n) is 11.3. The summed E-state index contributed by atoms with van der Waals surface area (Å²) in [6.45, 7) is 4.75. The first-order valence-corrected chi connectivity index (χ1v) is 6.83. The van der Waals surface area contributed by atoms with Crippen LogP contribution in [0.1, 0.15) is 18.1 Å². The molecule has 1 saturated heterocycles. The number of rotatable bonds is 5. The monoisotopic (exact) mass is 263 g/mol. The van der Waals surface area contributed by atoms with E-state index < -0.39 is 12.0 Å². The van der Waals surface area contributed by atoms with Crippen molar-refractivity contribution >= 4 is 5.97 Å². The van der Waals surface area contributed by atoms with Crippen LogP contribution in [0.5, 0.6) is 0 Å². The molecule has 1 atom stereocenters. The van der Waals surface area contributed by atoms with Gasteiger partial charge in [0.1, 0.15) is 6.04 Å². The molecular weight excluding hydrogens is 242 g/mol. The number of carboxylic acids is 1. The number of carboxylic acid groups (broad SMARTS) is 1. The number of benzene rings is 1. The van der Waals surface area contributed by atoms with E-state index in [2.05, 4.69) is 13.0 Å². The number of hydrogen-bond donors (Lipinski definition) is 1. The molecule has 4 nitrogen and oxygen atoms in total. The lowest BCUT2D eigenvalue weighted by molar-refractivity contribution is -0.145. The van der Waals surface area contributed by atoms with Gasteiger partial charge in [0.25, 0.3) is 0 Å². The van der Waals surface area contributed by atoms with Gasteiger partial charge >= 0.3 is 5.97 Å². The van der Waals surface area contributed by atoms with Crippen LogP contribution >= 0.6 is 0 Å². The van der Waals surface area contributed by atoms with E-state index in [1.807, 2.05) is 23.1 Å². The molecule has 4 heteroatoms. The largest absolute Gasteiger partial charge is 0.480 e. The number of carbonyl (C=O) groups is 1. The minimum absolute atomic E-state index is 0.448. The Balaban J connectivity index is 2.13. The van der Waals surface area contributed by atoms with Crippen LogP contribution in [0.25, 0.3) is 0 Å². The van der Waals surface area contributed by atoms with E-state index in [0.29, 0.717) is 32.7 Å². The third kappa shape index (κ3) is 3.55. The first-order valence-electron chi connectivity index (χ1n) is 6.83. The van der Waals surface area contributed by atoms with Gasteiger partial charge < -0.3 is 9.84 Å². The number of morpholine rings is 1. The summed E-state index contributed by atoms with van der Waals surface area (Å²) in [4.78, 5) is 13.5. The molecule has 0 spiro atoms. The number of aryl methyl sites for hydroxylation is 1. The lowest BCUT2D eigenvalue weighted by Gasteiger charge is -2.32. The van der Waals surface area contributed by atoms with Crippen molar-refractivity contribution in [2.24, 2.45) is 0 Å². The average Bonchev–Trinajstić information content (AvgIpc) is 2.45. The second kappa shape index (κ2) is 6.68. The summed E-state index contributed by atoms with van der Waals surface area (Å²) >= 11 is 0. The SMILES string of the molecule is CCc1ccccc1CC(C(=O)O)N1CCOCC1. The highest BCUT2D eigenvalue weighted by molar-refractivity contribution is 5.74. The van der Waals surface area contributed by atoms with Crippen LogP contribution in [-0.4, -0.2) is 48.3 Å². The van der Waals surface area contributed by atoms with Gasteiger partial charge in [-0.2, -0.15) is 0 Å². The third-order valence-electron chi connectivity index (χ3n) is 3.68. The molecule has 0 amide bonds. The molecule has 0 bridgehead atoms. The Morgan fingerprint density at radius 3 is 2.53 bits per heavy atom. The molecule has 1 N–H and O–H groups in total. The maximum absolute atomic E-state index is 11.5. The summed E-state index contributed by atoms with van der Waals surface area (Å²) in [5.74, 6) is -0.743. The maximum atomic E-state index is 11.5. The van der Waals surface area contributed by atoms with Crippen molar-refractivity contribution in [3.8, 4) is 0 Å². The van der Waals surface area contributed by atoms with E-state index in [1.165, 1.54) is 5.56 Å². The Morgan fingerprint density at radius 2 is 1.95 bits per heavy atom. The molecule has 1 aromatic carbocycles. The Hall–Kier alpha value is -1.39. The molecule has 1 fully saturated rings. The maximum Gasteiger partial charge on any atom is 0.321 e. The van der Waals surface area contributed by atoms with Gasteiger partial charge in [-0.1, -0.05) is 31.2 Å². The van der Waals surface area contributed by atoms with Crippen LogP contribution in [0.3, 0.4) is 0 Å². The van der Waals surface area contributed by atoms with Crippen LogP contribution < -0.4 is 0 Å². The van der Waals surface area contributed by atoms with E-state index in [9.17, 15) is 9.90 Å². The normalized spacial score (nSPS) is 18.2. The minimum Gasteiger partial charge on any atom is -0.480 e. The van der Waals surface area contributed by atoms with Gasteiger partial charge in [0, 0.05) is 13.1 Å². The van der Waals surface area contributed by atoms with E-state index in [1.54, 1.807) is 0 Å². The van der Waals surface area contributed by atoms with Gasteiger partial charge in [-0.15, -0.1) is 0 Å².